The summed E-state index contributed by atoms with van der Waals surface area (Å²) in [7, 11) is 1.70. The smallest absolute Gasteiger partial charge is 0.257 e. The summed E-state index contributed by atoms with van der Waals surface area (Å²) in [6.07, 6.45) is 12.9. The summed E-state index contributed by atoms with van der Waals surface area (Å²) < 4.78 is 7.03. The van der Waals surface area contributed by atoms with Gasteiger partial charge in [-0.25, -0.2) is 0 Å². The zero-order chi connectivity index (χ0) is 20.0. The third kappa shape index (κ3) is 4.74. The molecule has 0 bridgehead atoms. The fourth-order valence-corrected chi connectivity index (χ4v) is 4.86. The van der Waals surface area contributed by atoms with Gasteiger partial charge in [-0.2, -0.15) is 5.10 Å². The highest BCUT2D eigenvalue weighted by Gasteiger charge is 2.43. The van der Waals surface area contributed by atoms with E-state index in [9.17, 15) is 9.59 Å². The topological polar surface area (TPSA) is 76.5 Å². The van der Waals surface area contributed by atoms with Crippen LogP contribution in [0.4, 0.5) is 0 Å². The van der Waals surface area contributed by atoms with E-state index in [4.69, 9.17) is 4.74 Å². The third-order valence-electron chi connectivity index (χ3n) is 6.13. The van der Waals surface area contributed by atoms with E-state index >= 15 is 0 Å². The minimum atomic E-state index is -0.221. The van der Waals surface area contributed by atoms with Gasteiger partial charge in [0, 0.05) is 25.9 Å². The molecule has 3 rings (SSSR count). The Balaban J connectivity index is 1.62. The summed E-state index contributed by atoms with van der Waals surface area (Å²) in [6, 6.07) is 0.284. The lowest BCUT2D eigenvalue weighted by Crippen LogP contribution is -2.50. The second-order valence-corrected chi connectivity index (χ2v) is 8.30. The lowest BCUT2D eigenvalue weighted by atomic mass is 9.91. The van der Waals surface area contributed by atoms with Gasteiger partial charge in [0.05, 0.1) is 23.9 Å². The average molecular weight is 391 g/mol. The fourth-order valence-electron chi connectivity index (χ4n) is 4.86. The lowest BCUT2D eigenvalue weighted by molar-refractivity contribution is -0.122. The van der Waals surface area contributed by atoms with Crippen LogP contribution in [0.2, 0.25) is 0 Å². The van der Waals surface area contributed by atoms with Gasteiger partial charge in [0.25, 0.3) is 5.91 Å². The standard InChI is InChI=1S/C21H34N4O3/c1-3-10-21(16-28-2)11-7-12-25(21)20(27)17-13-22-24(14-17)15-19(26)23-18-8-5-4-6-9-18/h13-14,18H,3-12,15-16H2,1-2H3,(H,23,26). The SMILES string of the molecule is CCCC1(COC)CCCN1C(=O)c1cnn(CC(=O)NC2CCCCC2)c1. The summed E-state index contributed by atoms with van der Waals surface area (Å²) in [5.74, 6) is -0.0446. The molecule has 2 fully saturated rings. The van der Waals surface area contributed by atoms with E-state index in [1.54, 1.807) is 24.2 Å². The van der Waals surface area contributed by atoms with Gasteiger partial charge in [-0.15, -0.1) is 0 Å². The molecule has 1 aromatic heterocycles. The first kappa shape index (κ1) is 20.8. The van der Waals surface area contributed by atoms with Crippen LogP contribution in [0, 0.1) is 0 Å². The van der Waals surface area contributed by atoms with Crippen LogP contribution in [0.3, 0.4) is 0 Å². The predicted octanol–water partition coefficient (Wildman–Crippen LogP) is 2.75. The van der Waals surface area contributed by atoms with Crippen LogP contribution in [0.25, 0.3) is 0 Å². The molecular formula is C21H34N4O3. The van der Waals surface area contributed by atoms with E-state index in [2.05, 4.69) is 17.3 Å². The number of nitrogens with zero attached hydrogens (tertiary/aromatic N) is 3. The van der Waals surface area contributed by atoms with Crippen LogP contribution >= 0.6 is 0 Å². The Morgan fingerprint density at radius 2 is 2.07 bits per heavy atom. The van der Waals surface area contributed by atoms with Crippen molar-refractivity contribution in [1.29, 1.82) is 0 Å². The number of carbonyl (C=O) groups is 2. The predicted molar refractivity (Wildman–Crippen MR) is 107 cm³/mol. The first-order valence-electron chi connectivity index (χ1n) is 10.7. The molecule has 1 atom stereocenters. The van der Waals surface area contributed by atoms with E-state index < -0.39 is 0 Å². The Kier molecular flexibility index (Phi) is 7.10. The second kappa shape index (κ2) is 9.54. The van der Waals surface area contributed by atoms with Crippen LogP contribution in [0.5, 0.6) is 0 Å². The molecule has 1 saturated carbocycles. The second-order valence-electron chi connectivity index (χ2n) is 8.30. The number of rotatable bonds is 8. The largest absolute Gasteiger partial charge is 0.382 e. The van der Waals surface area contributed by atoms with Crippen molar-refractivity contribution in [3.05, 3.63) is 18.0 Å². The van der Waals surface area contributed by atoms with Gasteiger partial charge >= 0.3 is 0 Å². The van der Waals surface area contributed by atoms with Gasteiger partial charge in [0.1, 0.15) is 6.54 Å². The number of ether oxygens (including phenoxy) is 1. The Labute approximate surface area is 167 Å². The third-order valence-corrected chi connectivity index (χ3v) is 6.13. The molecule has 0 spiro atoms. The Hall–Kier alpha value is -1.89. The van der Waals surface area contributed by atoms with Crippen LogP contribution in [0.15, 0.2) is 12.4 Å². The first-order chi connectivity index (χ1) is 13.6. The summed E-state index contributed by atoms with van der Waals surface area (Å²) in [5, 5.41) is 7.35. The van der Waals surface area contributed by atoms with E-state index in [-0.39, 0.29) is 29.9 Å². The quantitative estimate of drug-likeness (QED) is 0.740. The highest BCUT2D eigenvalue weighted by molar-refractivity contribution is 5.94. The highest BCUT2D eigenvalue weighted by Crippen LogP contribution is 2.35. The van der Waals surface area contributed by atoms with Crippen molar-refractivity contribution in [2.45, 2.75) is 82.8 Å². The molecule has 1 aromatic rings. The molecule has 0 aromatic carbocycles. The number of amides is 2. The minimum absolute atomic E-state index is 0.0121. The van der Waals surface area contributed by atoms with Gasteiger partial charge in [-0.05, 0) is 32.1 Å². The zero-order valence-electron chi connectivity index (χ0n) is 17.3. The first-order valence-corrected chi connectivity index (χ1v) is 10.7. The Bertz CT molecular complexity index is 660. The normalized spacial score (nSPS) is 23.1. The van der Waals surface area contributed by atoms with Crippen molar-refractivity contribution >= 4 is 11.8 Å². The molecule has 1 saturated heterocycles. The van der Waals surface area contributed by atoms with Crippen LogP contribution in [0.1, 0.15) is 75.1 Å². The molecule has 1 N–H and O–H groups in total. The lowest BCUT2D eigenvalue weighted by Gasteiger charge is -2.38. The highest BCUT2D eigenvalue weighted by atomic mass is 16.5. The monoisotopic (exact) mass is 390 g/mol. The minimum Gasteiger partial charge on any atom is -0.382 e. The molecule has 2 aliphatic rings. The number of carbonyl (C=O) groups excluding carboxylic acids is 2. The van der Waals surface area contributed by atoms with Crippen molar-refractivity contribution in [2.75, 3.05) is 20.3 Å². The number of aromatic nitrogens is 2. The maximum Gasteiger partial charge on any atom is 0.257 e. The Morgan fingerprint density at radius 1 is 1.29 bits per heavy atom. The van der Waals surface area contributed by atoms with Crippen LogP contribution < -0.4 is 5.32 Å². The van der Waals surface area contributed by atoms with Gasteiger partial charge in [-0.3, -0.25) is 14.3 Å². The van der Waals surface area contributed by atoms with Crippen molar-refractivity contribution in [3.8, 4) is 0 Å². The molecule has 156 valence electrons. The molecule has 28 heavy (non-hydrogen) atoms. The van der Waals surface area contributed by atoms with E-state index in [1.807, 2.05) is 4.90 Å². The fraction of sp³-hybridized carbons (Fsp3) is 0.762. The van der Waals surface area contributed by atoms with E-state index in [0.29, 0.717) is 12.2 Å². The molecule has 7 heteroatoms. The number of nitrogens with one attached hydrogen (secondary N) is 1. The summed E-state index contributed by atoms with van der Waals surface area (Å²) >= 11 is 0. The van der Waals surface area contributed by atoms with Crippen molar-refractivity contribution in [1.82, 2.24) is 20.0 Å². The maximum atomic E-state index is 13.1. The van der Waals surface area contributed by atoms with Crippen LogP contribution in [-0.2, 0) is 16.1 Å². The van der Waals surface area contributed by atoms with Crippen molar-refractivity contribution in [3.63, 3.8) is 0 Å². The molecule has 1 unspecified atom stereocenters. The summed E-state index contributed by atoms with van der Waals surface area (Å²) in [6.45, 7) is 3.60. The van der Waals surface area contributed by atoms with Crippen molar-refractivity contribution < 1.29 is 14.3 Å². The van der Waals surface area contributed by atoms with Gasteiger partial charge < -0.3 is 15.0 Å². The summed E-state index contributed by atoms with van der Waals surface area (Å²) in [4.78, 5) is 27.4. The zero-order valence-corrected chi connectivity index (χ0v) is 17.3. The van der Waals surface area contributed by atoms with Crippen molar-refractivity contribution in [2.24, 2.45) is 0 Å². The number of likely N-dealkylation sites (tertiary alicyclic amines) is 1. The van der Waals surface area contributed by atoms with Crippen LogP contribution in [-0.4, -0.2) is 58.3 Å². The molecule has 7 nitrogen and oxygen atoms in total. The average Bonchev–Trinajstić information content (AvgIpc) is 3.30. The number of hydrogen-bond donors (Lipinski definition) is 1. The number of hydrogen-bond acceptors (Lipinski definition) is 4. The molecule has 0 radical (unpaired) electrons. The van der Waals surface area contributed by atoms with E-state index in [1.165, 1.54) is 19.3 Å². The van der Waals surface area contributed by atoms with E-state index in [0.717, 1.165) is 45.1 Å². The molecular weight excluding hydrogens is 356 g/mol. The van der Waals surface area contributed by atoms with Gasteiger partial charge in [0.15, 0.2) is 0 Å². The molecule has 1 aliphatic carbocycles. The Morgan fingerprint density at radius 3 is 2.79 bits per heavy atom. The number of methoxy groups -OCH3 is 1. The maximum absolute atomic E-state index is 13.1. The van der Waals surface area contributed by atoms with Gasteiger partial charge in [-0.1, -0.05) is 32.6 Å². The van der Waals surface area contributed by atoms with Gasteiger partial charge in [0.2, 0.25) is 5.91 Å². The molecule has 2 amide bonds. The summed E-state index contributed by atoms with van der Waals surface area (Å²) in [5.41, 5.74) is 0.324. The molecule has 2 heterocycles. The molecule has 1 aliphatic heterocycles.